The Labute approximate surface area is 83.0 Å². The molecule has 72 valence electrons. The fraction of sp³-hybridized carbons (Fsp3) is 0. The first-order valence-corrected chi connectivity index (χ1v) is 4.71. The van der Waals surface area contributed by atoms with Gasteiger partial charge in [0.1, 0.15) is 0 Å². The minimum absolute atomic E-state index is 0.407. The van der Waals surface area contributed by atoms with Crippen LogP contribution in [0.25, 0.3) is 11.3 Å². The molecule has 0 spiro atoms. The largest absolute Gasteiger partial charge is 0.375 e. The topological polar surface area (TPSA) is 38.9 Å². The van der Waals surface area contributed by atoms with Gasteiger partial charge in [-0.2, -0.15) is 0 Å². The van der Waals surface area contributed by atoms with Crippen LogP contribution < -0.4 is 5.73 Å². The van der Waals surface area contributed by atoms with E-state index in [0.29, 0.717) is 16.4 Å². The number of thiazole rings is 1. The third-order valence-electron chi connectivity index (χ3n) is 1.74. The Bertz CT molecular complexity index is 468. The smallest absolute Gasteiger partial charge is 0.180 e. The molecule has 1 aromatic heterocycles. The maximum absolute atomic E-state index is 12.8. The molecule has 0 aliphatic carbocycles. The van der Waals surface area contributed by atoms with E-state index in [9.17, 15) is 8.78 Å². The van der Waals surface area contributed by atoms with Crippen molar-refractivity contribution in [1.82, 2.24) is 4.98 Å². The molecule has 1 heterocycles. The number of aromatic nitrogens is 1. The van der Waals surface area contributed by atoms with Crippen molar-refractivity contribution in [3.8, 4) is 11.3 Å². The molecule has 0 radical (unpaired) electrons. The lowest BCUT2D eigenvalue weighted by atomic mass is 10.2. The number of hydrogen-bond acceptors (Lipinski definition) is 3. The van der Waals surface area contributed by atoms with Crippen LogP contribution in [0.5, 0.6) is 0 Å². The van der Waals surface area contributed by atoms with Gasteiger partial charge >= 0.3 is 0 Å². The summed E-state index contributed by atoms with van der Waals surface area (Å²) in [5, 5.41) is 2.10. The monoisotopic (exact) mass is 212 g/mol. The van der Waals surface area contributed by atoms with Gasteiger partial charge in [-0.3, -0.25) is 0 Å². The second kappa shape index (κ2) is 3.34. The zero-order chi connectivity index (χ0) is 10.1. The van der Waals surface area contributed by atoms with E-state index in [1.807, 2.05) is 0 Å². The van der Waals surface area contributed by atoms with Gasteiger partial charge in [-0.15, -0.1) is 11.3 Å². The van der Waals surface area contributed by atoms with Crippen LogP contribution in [0, 0.1) is 11.6 Å². The van der Waals surface area contributed by atoms with Crippen molar-refractivity contribution < 1.29 is 8.78 Å². The van der Waals surface area contributed by atoms with E-state index in [0.717, 1.165) is 12.1 Å². The van der Waals surface area contributed by atoms with E-state index in [1.54, 1.807) is 5.38 Å². The first kappa shape index (κ1) is 9.08. The summed E-state index contributed by atoms with van der Waals surface area (Å²) in [6.45, 7) is 0. The highest BCUT2D eigenvalue weighted by Gasteiger charge is 2.06. The second-order valence-corrected chi connectivity index (χ2v) is 3.59. The molecule has 0 unspecified atom stereocenters. The summed E-state index contributed by atoms with van der Waals surface area (Å²) in [5.74, 6) is -1.74. The van der Waals surface area contributed by atoms with E-state index in [2.05, 4.69) is 4.98 Å². The number of hydrogen-bond donors (Lipinski definition) is 1. The van der Waals surface area contributed by atoms with Crippen LogP contribution in [0.4, 0.5) is 13.9 Å². The van der Waals surface area contributed by atoms with Gasteiger partial charge in [0.15, 0.2) is 16.8 Å². The summed E-state index contributed by atoms with van der Waals surface area (Å²) >= 11 is 1.26. The highest BCUT2D eigenvalue weighted by molar-refractivity contribution is 7.13. The maximum Gasteiger partial charge on any atom is 0.180 e. The Hall–Kier alpha value is -1.49. The molecule has 0 aliphatic rings. The van der Waals surface area contributed by atoms with Crippen molar-refractivity contribution in [2.45, 2.75) is 0 Å². The van der Waals surface area contributed by atoms with Crippen LogP contribution >= 0.6 is 11.3 Å². The molecule has 0 saturated carbocycles. The minimum atomic E-state index is -0.880. The molecule has 0 fully saturated rings. The third-order valence-corrected chi connectivity index (χ3v) is 2.41. The normalized spacial score (nSPS) is 10.4. The minimum Gasteiger partial charge on any atom is -0.375 e. The summed E-state index contributed by atoms with van der Waals surface area (Å²) in [5.41, 5.74) is 6.51. The number of nitrogens with two attached hydrogens (primary N) is 1. The van der Waals surface area contributed by atoms with Gasteiger partial charge in [-0.25, -0.2) is 13.8 Å². The van der Waals surface area contributed by atoms with Crippen LogP contribution in [-0.4, -0.2) is 4.98 Å². The van der Waals surface area contributed by atoms with Crippen molar-refractivity contribution in [1.29, 1.82) is 0 Å². The van der Waals surface area contributed by atoms with Crippen LogP contribution in [-0.2, 0) is 0 Å². The Morgan fingerprint density at radius 2 is 2.00 bits per heavy atom. The van der Waals surface area contributed by atoms with Gasteiger partial charge < -0.3 is 5.73 Å². The molecule has 2 nitrogen and oxygen atoms in total. The first-order valence-electron chi connectivity index (χ1n) is 3.83. The van der Waals surface area contributed by atoms with E-state index in [1.165, 1.54) is 17.4 Å². The fourth-order valence-corrected chi connectivity index (χ4v) is 1.65. The highest BCUT2D eigenvalue weighted by Crippen LogP contribution is 2.24. The van der Waals surface area contributed by atoms with Crippen molar-refractivity contribution in [2.24, 2.45) is 0 Å². The van der Waals surface area contributed by atoms with Gasteiger partial charge in [0.25, 0.3) is 0 Å². The molecule has 1 aromatic carbocycles. The molecule has 5 heteroatoms. The highest BCUT2D eigenvalue weighted by atomic mass is 32.1. The SMILES string of the molecule is Nc1nc(-c2ccc(F)c(F)c2)cs1. The van der Waals surface area contributed by atoms with Crippen molar-refractivity contribution >= 4 is 16.5 Å². The number of nitrogens with zero attached hydrogens (tertiary/aromatic N) is 1. The number of rotatable bonds is 1. The molecule has 14 heavy (non-hydrogen) atoms. The summed E-state index contributed by atoms with van der Waals surface area (Å²) in [7, 11) is 0. The third kappa shape index (κ3) is 1.58. The fourth-order valence-electron chi connectivity index (χ4n) is 1.08. The van der Waals surface area contributed by atoms with Crippen molar-refractivity contribution in [3.63, 3.8) is 0 Å². The van der Waals surface area contributed by atoms with Crippen LogP contribution in [0.15, 0.2) is 23.6 Å². The molecule has 0 bridgehead atoms. The number of halogens is 2. The molecule has 2 N–H and O–H groups in total. The summed E-state index contributed by atoms with van der Waals surface area (Å²) in [4.78, 5) is 3.96. The molecule has 0 saturated heterocycles. The predicted molar refractivity (Wildman–Crippen MR) is 51.9 cm³/mol. The lowest BCUT2D eigenvalue weighted by Crippen LogP contribution is -1.86. The Morgan fingerprint density at radius 1 is 1.21 bits per heavy atom. The van der Waals surface area contributed by atoms with Crippen LogP contribution in [0.2, 0.25) is 0 Å². The number of nitrogen functional groups attached to an aromatic ring is 1. The Morgan fingerprint density at radius 3 is 2.57 bits per heavy atom. The molecule has 0 atom stereocenters. The average Bonchev–Trinajstić information content (AvgIpc) is 2.57. The summed E-state index contributed by atoms with van der Waals surface area (Å²) in [6, 6.07) is 3.64. The second-order valence-electron chi connectivity index (χ2n) is 2.70. The number of anilines is 1. The lowest BCUT2D eigenvalue weighted by molar-refractivity contribution is 0.509. The molecular formula is C9H6F2N2S. The average molecular weight is 212 g/mol. The van der Waals surface area contributed by atoms with E-state index < -0.39 is 11.6 Å². The van der Waals surface area contributed by atoms with Gasteiger partial charge in [-0.1, -0.05) is 0 Å². The molecular weight excluding hydrogens is 206 g/mol. The molecule has 2 rings (SSSR count). The summed E-state index contributed by atoms with van der Waals surface area (Å²) < 4.78 is 25.4. The van der Waals surface area contributed by atoms with Crippen molar-refractivity contribution in [2.75, 3.05) is 5.73 Å². The van der Waals surface area contributed by atoms with Gasteiger partial charge in [-0.05, 0) is 18.2 Å². The predicted octanol–water partition coefficient (Wildman–Crippen LogP) is 2.67. The van der Waals surface area contributed by atoms with E-state index in [4.69, 9.17) is 5.73 Å². The Kier molecular flexibility index (Phi) is 2.17. The lowest BCUT2D eigenvalue weighted by Gasteiger charge is -1.97. The maximum atomic E-state index is 12.8. The van der Waals surface area contributed by atoms with E-state index in [-0.39, 0.29) is 0 Å². The van der Waals surface area contributed by atoms with Crippen LogP contribution in [0.3, 0.4) is 0 Å². The zero-order valence-electron chi connectivity index (χ0n) is 7.00. The van der Waals surface area contributed by atoms with E-state index >= 15 is 0 Å². The van der Waals surface area contributed by atoms with Crippen molar-refractivity contribution in [3.05, 3.63) is 35.2 Å². The van der Waals surface area contributed by atoms with Gasteiger partial charge in [0.05, 0.1) is 5.69 Å². The zero-order valence-corrected chi connectivity index (χ0v) is 7.81. The summed E-state index contributed by atoms with van der Waals surface area (Å²) in [6.07, 6.45) is 0. The quantitative estimate of drug-likeness (QED) is 0.789. The standard InChI is InChI=1S/C9H6F2N2S/c10-6-2-1-5(3-7(6)11)8-4-14-9(12)13-8/h1-4H,(H2,12,13). The first-order chi connectivity index (χ1) is 6.66. The Balaban J connectivity index is 2.47. The van der Waals surface area contributed by atoms with Gasteiger partial charge in [0, 0.05) is 10.9 Å². The van der Waals surface area contributed by atoms with Crippen LogP contribution in [0.1, 0.15) is 0 Å². The number of benzene rings is 1. The van der Waals surface area contributed by atoms with Gasteiger partial charge in [0.2, 0.25) is 0 Å². The molecule has 0 aliphatic heterocycles. The molecule has 2 aromatic rings. The molecule has 0 amide bonds.